The van der Waals surface area contributed by atoms with Gasteiger partial charge in [0.05, 0.1) is 5.56 Å². The first-order chi connectivity index (χ1) is 6.59. The van der Waals surface area contributed by atoms with E-state index in [1.807, 2.05) is 0 Å². The zero-order valence-corrected chi connectivity index (χ0v) is 8.63. The number of benzene rings is 1. The summed E-state index contributed by atoms with van der Waals surface area (Å²) in [6, 6.07) is 4.25. The molecule has 3 N–H and O–H groups in total. The molecule has 1 aliphatic rings. The van der Waals surface area contributed by atoms with Gasteiger partial charge in [-0.3, -0.25) is 0 Å². The van der Waals surface area contributed by atoms with E-state index in [1.165, 1.54) is 12.1 Å². The lowest BCUT2D eigenvalue weighted by Gasteiger charge is -2.01. The second-order valence-corrected chi connectivity index (χ2v) is 3.55. The van der Waals surface area contributed by atoms with Gasteiger partial charge in [-0.15, -0.1) is 12.4 Å². The van der Waals surface area contributed by atoms with Crippen molar-refractivity contribution in [1.82, 2.24) is 0 Å². The van der Waals surface area contributed by atoms with E-state index in [1.54, 1.807) is 6.07 Å². The van der Waals surface area contributed by atoms with Crippen molar-refractivity contribution in [3.05, 3.63) is 35.1 Å². The first kappa shape index (κ1) is 11.9. The molecule has 1 aromatic carbocycles. The van der Waals surface area contributed by atoms with Crippen molar-refractivity contribution in [3.63, 3.8) is 0 Å². The van der Waals surface area contributed by atoms with E-state index in [0.29, 0.717) is 0 Å². The summed E-state index contributed by atoms with van der Waals surface area (Å²) in [6.45, 7) is 0. The minimum absolute atomic E-state index is 0. The molecule has 1 saturated carbocycles. The summed E-state index contributed by atoms with van der Waals surface area (Å²) in [7, 11) is 0. The van der Waals surface area contributed by atoms with Crippen molar-refractivity contribution in [2.75, 3.05) is 0 Å². The average molecular weight is 232 g/mol. The van der Waals surface area contributed by atoms with Crippen molar-refractivity contribution >= 4 is 18.4 Å². The molecular formula is C10H11ClFNO2. The largest absolute Gasteiger partial charge is 0.478 e. The highest BCUT2D eigenvalue weighted by atomic mass is 35.5. The topological polar surface area (TPSA) is 63.3 Å². The molecule has 0 saturated heterocycles. The molecule has 1 fully saturated rings. The number of hydrogen-bond acceptors (Lipinski definition) is 2. The lowest BCUT2D eigenvalue weighted by Crippen LogP contribution is -2.04. The number of halogens is 2. The Bertz CT molecular complexity index is 397. The molecule has 0 heterocycles. The van der Waals surface area contributed by atoms with Crippen LogP contribution in [-0.2, 0) is 0 Å². The third-order valence-corrected chi connectivity index (χ3v) is 2.49. The highest BCUT2D eigenvalue weighted by Crippen LogP contribution is 2.39. The maximum absolute atomic E-state index is 13.0. The molecule has 3 nitrogen and oxygen atoms in total. The van der Waals surface area contributed by atoms with Crippen LogP contribution in [0.4, 0.5) is 4.39 Å². The van der Waals surface area contributed by atoms with E-state index in [0.717, 1.165) is 12.0 Å². The molecule has 0 radical (unpaired) electrons. The number of carbonyl (C=O) groups is 1. The van der Waals surface area contributed by atoms with Crippen LogP contribution in [0.25, 0.3) is 0 Å². The molecule has 0 amide bonds. The van der Waals surface area contributed by atoms with Gasteiger partial charge in [0.15, 0.2) is 0 Å². The van der Waals surface area contributed by atoms with Gasteiger partial charge >= 0.3 is 5.97 Å². The van der Waals surface area contributed by atoms with Crippen molar-refractivity contribution in [1.29, 1.82) is 0 Å². The van der Waals surface area contributed by atoms with Crippen molar-refractivity contribution < 1.29 is 14.3 Å². The third-order valence-electron chi connectivity index (χ3n) is 2.49. The van der Waals surface area contributed by atoms with Crippen LogP contribution in [0.5, 0.6) is 0 Å². The Kier molecular flexibility index (Phi) is 3.31. The fraction of sp³-hybridized carbons (Fsp3) is 0.300. The van der Waals surface area contributed by atoms with Crippen LogP contribution in [0.1, 0.15) is 28.3 Å². The number of nitrogens with two attached hydrogens (primary N) is 1. The molecule has 0 unspecified atom stereocenters. The molecular weight excluding hydrogens is 221 g/mol. The zero-order valence-electron chi connectivity index (χ0n) is 7.81. The van der Waals surface area contributed by atoms with E-state index in [2.05, 4.69) is 0 Å². The van der Waals surface area contributed by atoms with E-state index in [-0.39, 0.29) is 29.9 Å². The van der Waals surface area contributed by atoms with Gasteiger partial charge in [-0.05, 0) is 24.1 Å². The van der Waals surface area contributed by atoms with Crippen LogP contribution in [0.2, 0.25) is 0 Å². The standard InChI is InChI=1S/C10H10FNO2.ClH/c11-8-2-1-5(6-4-9(6)12)3-7(8)10(13)14;/h1-3,6,9H,4,12H2,(H,13,14);1H/t6-,9+;/m0./s1. The Labute approximate surface area is 92.5 Å². The second kappa shape index (κ2) is 4.16. The third kappa shape index (κ3) is 2.27. The van der Waals surface area contributed by atoms with Gasteiger partial charge in [0.2, 0.25) is 0 Å². The fourth-order valence-electron chi connectivity index (χ4n) is 1.54. The number of carboxylic acids is 1. The lowest BCUT2D eigenvalue weighted by molar-refractivity contribution is 0.0692. The Hall–Kier alpha value is -1.13. The Balaban J connectivity index is 0.00000112. The summed E-state index contributed by atoms with van der Waals surface area (Å²) in [5, 5.41) is 8.69. The van der Waals surface area contributed by atoms with E-state index in [4.69, 9.17) is 10.8 Å². The smallest absolute Gasteiger partial charge is 0.338 e. The Morgan fingerprint density at radius 2 is 2.13 bits per heavy atom. The molecule has 0 spiro atoms. The fourth-order valence-corrected chi connectivity index (χ4v) is 1.54. The molecule has 1 aromatic rings. The molecule has 0 aromatic heterocycles. The number of aromatic carboxylic acids is 1. The molecule has 2 atom stereocenters. The van der Waals surface area contributed by atoms with Crippen molar-refractivity contribution in [2.24, 2.45) is 5.73 Å². The Morgan fingerprint density at radius 3 is 2.60 bits per heavy atom. The van der Waals surface area contributed by atoms with Crippen molar-refractivity contribution in [3.8, 4) is 0 Å². The first-order valence-electron chi connectivity index (χ1n) is 4.38. The summed E-state index contributed by atoms with van der Waals surface area (Å²) in [6.07, 6.45) is 0.852. The summed E-state index contributed by atoms with van der Waals surface area (Å²) < 4.78 is 13.0. The van der Waals surface area contributed by atoms with Crippen LogP contribution in [0, 0.1) is 5.82 Å². The van der Waals surface area contributed by atoms with E-state index in [9.17, 15) is 9.18 Å². The quantitative estimate of drug-likeness (QED) is 0.815. The highest BCUT2D eigenvalue weighted by Gasteiger charge is 2.35. The number of carboxylic acid groups (broad SMARTS) is 1. The lowest BCUT2D eigenvalue weighted by atomic mass is 10.1. The van der Waals surface area contributed by atoms with Crippen LogP contribution < -0.4 is 5.73 Å². The minimum atomic E-state index is -1.24. The Morgan fingerprint density at radius 1 is 1.53 bits per heavy atom. The first-order valence-corrected chi connectivity index (χ1v) is 4.38. The summed E-state index contributed by atoms with van der Waals surface area (Å²) in [5.41, 5.74) is 6.16. The second-order valence-electron chi connectivity index (χ2n) is 3.55. The van der Waals surface area contributed by atoms with Gasteiger partial charge in [0.1, 0.15) is 5.82 Å². The normalized spacial score (nSPS) is 23.1. The zero-order chi connectivity index (χ0) is 10.3. The predicted molar refractivity (Wildman–Crippen MR) is 55.9 cm³/mol. The monoisotopic (exact) mass is 231 g/mol. The minimum Gasteiger partial charge on any atom is -0.478 e. The molecule has 0 aliphatic heterocycles. The average Bonchev–Trinajstić information content (AvgIpc) is 2.83. The highest BCUT2D eigenvalue weighted by molar-refractivity contribution is 5.88. The molecule has 15 heavy (non-hydrogen) atoms. The van der Waals surface area contributed by atoms with Gasteiger partial charge in [0, 0.05) is 12.0 Å². The molecule has 2 rings (SSSR count). The number of rotatable bonds is 2. The van der Waals surface area contributed by atoms with Gasteiger partial charge in [-0.2, -0.15) is 0 Å². The molecule has 0 bridgehead atoms. The van der Waals surface area contributed by atoms with Gasteiger partial charge in [0.25, 0.3) is 0 Å². The summed E-state index contributed by atoms with van der Waals surface area (Å²) >= 11 is 0. The van der Waals surface area contributed by atoms with Crippen LogP contribution in [0.3, 0.4) is 0 Å². The molecule has 82 valence electrons. The van der Waals surface area contributed by atoms with Gasteiger partial charge < -0.3 is 10.8 Å². The van der Waals surface area contributed by atoms with Crippen LogP contribution >= 0.6 is 12.4 Å². The summed E-state index contributed by atoms with van der Waals surface area (Å²) in [5.74, 6) is -1.73. The number of hydrogen-bond donors (Lipinski definition) is 2. The maximum atomic E-state index is 13.0. The van der Waals surface area contributed by atoms with E-state index >= 15 is 0 Å². The predicted octanol–water partition coefficient (Wildman–Crippen LogP) is 1.76. The maximum Gasteiger partial charge on any atom is 0.338 e. The van der Waals surface area contributed by atoms with Gasteiger partial charge in [-0.1, -0.05) is 6.07 Å². The van der Waals surface area contributed by atoms with E-state index < -0.39 is 11.8 Å². The van der Waals surface area contributed by atoms with Crippen LogP contribution in [-0.4, -0.2) is 17.1 Å². The SMILES string of the molecule is Cl.N[C@@H]1C[C@H]1c1ccc(F)c(C(=O)O)c1. The molecule has 5 heteroatoms. The van der Waals surface area contributed by atoms with Crippen molar-refractivity contribution in [2.45, 2.75) is 18.4 Å². The molecule has 1 aliphatic carbocycles. The summed E-state index contributed by atoms with van der Waals surface area (Å²) in [4.78, 5) is 10.6. The van der Waals surface area contributed by atoms with Gasteiger partial charge in [-0.25, -0.2) is 9.18 Å². The van der Waals surface area contributed by atoms with Crippen LogP contribution in [0.15, 0.2) is 18.2 Å².